The molecule has 1 aliphatic heterocycles. The summed E-state index contributed by atoms with van der Waals surface area (Å²) in [6, 6.07) is 1.01. The Balaban J connectivity index is 1.74. The van der Waals surface area contributed by atoms with Gasteiger partial charge >= 0.3 is 0 Å². The van der Waals surface area contributed by atoms with E-state index >= 15 is 0 Å². The van der Waals surface area contributed by atoms with E-state index in [1.54, 1.807) is 0 Å². The van der Waals surface area contributed by atoms with Gasteiger partial charge in [-0.1, -0.05) is 18.0 Å². The number of fused-ring (bicyclic) bond motifs is 1. The fourth-order valence-corrected chi connectivity index (χ4v) is 2.85. The Kier molecular flexibility index (Phi) is 2.01. The first kappa shape index (κ1) is 8.41. The Labute approximate surface area is 83.1 Å². The van der Waals surface area contributed by atoms with Crippen molar-refractivity contribution in [1.82, 2.24) is 15.5 Å². The van der Waals surface area contributed by atoms with Gasteiger partial charge in [0.2, 0.25) is 5.89 Å². The van der Waals surface area contributed by atoms with Crippen LogP contribution in [0.4, 0.5) is 0 Å². The molecule has 1 saturated heterocycles. The Bertz CT molecular complexity index is 284. The van der Waals surface area contributed by atoms with Crippen LogP contribution in [-0.4, -0.2) is 16.2 Å². The van der Waals surface area contributed by atoms with Gasteiger partial charge in [-0.25, -0.2) is 0 Å². The van der Waals surface area contributed by atoms with Crippen LogP contribution in [0.2, 0.25) is 0 Å². The summed E-state index contributed by atoms with van der Waals surface area (Å²) >= 11 is 0. The molecule has 4 heteroatoms. The second-order valence-corrected chi connectivity index (χ2v) is 4.39. The molecule has 0 spiro atoms. The molecule has 3 rings (SSSR count). The van der Waals surface area contributed by atoms with Crippen LogP contribution in [0.25, 0.3) is 0 Å². The molecule has 2 fully saturated rings. The van der Waals surface area contributed by atoms with Gasteiger partial charge in [0, 0.05) is 6.04 Å². The summed E-state index contributed by atoms with van der Waals surface area (Å²) in [4.78, 5) is 4.12. The molecule has 0 bridgehead atoms. The first-order valence-corrected chi connectivity index (χ1v) is 5.46. The number of nitrogens with one attached hydrogen (secondary N) is 1. The molecular weight excluding hydrogens is 178 g/mol. The van der Waals surface area contributed by atoms with Crippen LogP contribution in [0.5, 0.6) is 0 Å². The van der Waals surface area contributed by atoms with E-state index in [0.29, 0.717) is 12.1 Å². The van der Waals surface area contributed by atoms with E-state index in [1.807, 2.05) is 0 Å². The molecule has 1 aromatic heterocycles. The second kappa shape index (κ2) is 3.35. The molecule has 3 atom stereocenters. The zero-order valence-electron chi connectivity index (χ0n) is 8.15. The Morgan fingerprint density at radius 3 is 3.07 bits per heavy atom. The molecule has 1 aromatic rings. The summed E-state index contributed by atoms with van der Waals surface area (Å²) in [5, 5.41) is 7.26. The maximum absolute atomic E-state index is 5.10. The predicted molar refractivity (Wildman–Crippen MR) is 50.5 cm³/mol. The van der Waals surface area contributed by atoms with E-state index < -0.39 is 0 Å². The number of hydrogen-bond donors (Lipinski definition) is 1. The minimum atomic E-state index is 0.311. The van der Waals surface area contributed by atoms with Gasteiger partial charge in [-0.15, -0.1) is 0 Å². The van der Waals surface area contributed by atoms with E-state index in [0.717, 1.165) is 11.8 Å². The van der Waals surface area contributed by atoms with Crippen molar-refractivity contribution < 1.29 is 4.52 Å². The zero-order valence-corrected chi connectivity index (χ0v) is 8.15. The molecule has 0 radical (unpaired) electrons. The van der Waals surface area contributed by atoms with Crippen molar-refractivity contribution in [2.75, 3.05) is 0 Å². The van der Waals surface area contributed by atoms with Crippen LogP contribution in [0.3, 0.4) is 0 Å². The van der Waals surface area contributed by atoms with E-state index in [9.17, 15) is 0 Å². The molecule has 0 aromatic carbocycles. The third-order valence-corrected chi connectivity index (χ3v) is 3.54. The van der Waals surface area contributed by atoms with Gasteiger partial charge in [-0.3, -0.25) is 0 Å². The van der Waals surface area contributed by atoms with Gasteiger partial charge in [-0.05, 0) is 25.2 Å². The number of aromatic nitrogens is 2. The molecule has 4 nitrogen and oxygen atoms in total. The summed E-state index contributed by atoms with van der Waals surface area (Å²) < 4.78 is 5.10. The van der Waals surface area contributed by atoms with Crippen molar-refractivity contribution >= 4 is 0 Å². The predicted octanol–water partition coefficient (Wildman–Crippen LogP) is 1.66. The third-order valence-electron chi connectivity index (χ3n) is 3.54. The molecule has 2 aliphatic rings. The van der Waals surface area contributed by atoms with Crippen molar-refractivity contribution in [2.45, 2.75) is 44.2 Å². The summed E-state index contributed by atoms with van der Waals surface area (Å²) in [5.74, 6) is 1.60. The molecule has 3 unspecified atom stereocenters. The van der Waals surface area contributed by atoms with Crippen molar-refractivity contribution in [1.29, 1.82) is 0 Å². The number of rotatable bonds is 1. The lowest BCUT2D eigenvalue weighted by molar-refractivity contribution is 0.324. The summed E-state index contributed by atoms with van der Waals surface area (Å²) in [7, 11) is 0. The molecule has 1 N–H and O–H groups in total. The SMILES string of the molecule is c1noc(C2CC3CCCCC3N2)n1. The summed E-state index contributed by atoms with van der Waals surface area (Å²) in [6.45, 7) is 0. The van der Waals surface area contributed by atoms with Crippen LogP contribution in [0, 0.1) is 5.92 Å². The number of hydrogen-bond acceptors (Lipinski definition) is 4. The highest BCUT2D eigenvalue weighted by molar-refractivity contribution is 4.99. The maximum atomic E-state index is 5.10. The lowest BCUT2D eigenvalue weighted by Crippen LogP contribution is -2.30. The Hall–Kier alpha value is -0.900. The van der Waals surface area contributed by atoms with Crippen LogP contribution in [0.15, 0.2) is 10.9 Å². The highest BCUT2D eigenvalue weighted by Crippen LogP contribution is 2.38. The van der Waals surface area contributed by atoms with Crippen molar-refractivity contribution in [3.63, 3.8) is 0 Å². The van der Waals surface area contributed by atoms with Gasteiger partial charge in [0.25, 0.3) is 0 Å². The summed E-state index contributed by atoms with van der Waals surface area (Å²) in [5.41, 5.74) is 0. The smallest absolute Gasteiger partial charge is 0.243 e. The Morgan fingerprint density at radius 2 is 2.29 bits per heavy atom. The van der Waals surface area contributed by atoms with Crippen LogP contribution >= 0.6 is 0 Å². The average molecular weight is 193 g/mol. The lowest BCUT2D eigenvalue weighted by atomic mass is 9.85. The van der Waals surface area contributed by atoms with Crippen LogP contribution in [0.1, 0.15) is 44.0 Å². The monoisotopic (exact) mass is 193 g/mol. The molecule has 76 valence electrons. The fraction of sp³-hybridized carbons (Fsp3) is 0.800. The topological polar surface area (TPSA) is 51.0 Å². The third kappa shape index (κ3) is 1.34. The first-order chi connectivity index (χ1) is 6.93. The normalized spacial score (nSPS) is 37.0. The van der Waals surface area contributed by atoms with E-state index in [-0.39, 0.29) is 0 Å². The Morgan fingerprint density at radius 1 is 1.36 bits per heavy atom. The van der Waals surface area contributed by atoms with Gasteiger partial charge < -0.3 is 9.84 Å². The minimum absolute atomic E-state index is 0.311. The van der Waals surface area contributed by atoms with Crippen molar-refractivity contribution in [3.8, 4) is 0 Å². The standard InChI is InChI=1S/C10H15N3O/c1-2-4-8-7(3-1)5-9(13-8)10-11-6-12-14-10/h6-9,13H,1-5H2. The first-order valence-electron chi connectivity index (χ1n) is 5.46. The quantitative estimate of drug-likeness (QED) is 0.737. The largest absolute Gasteiger partial charge is 0.338 e. The fourth-order valence-electron chi connectivity index (χ4n) is 2.85. The molecule has 1 saturated carbocycles. The zero-order chi connectivity index (χ0) is 9.38. The van der Waals surface area contributed by atoms with Gasteiger partial charge in [0.05, 0.1) is 6.04 Å². The van der Waals surface area contributed by atoms with E-state index in [1.165, 1.54) is 38.4 Å². The van der Waals surface area contributed by atoms with E-state index in [2.05, 4.69) is 15.5 Å². The maximum Gasteiger partial charge on any atom is 0.243 e. The van der Waals surface area contributed by atoms with Crippen molar-refractivity contribution in [2.24, 2.45) is 5.92 Å². The number of nitrogens with zero attached hydrogens (tertiary/aromatic N) is 2. The van der Waals surface area contributed by atoms with Gasteiger partial charge in [0.1, 0.15) is 0 Å². The lowest BCUT2D eigenvalue weighted by Gasteiger charge is -2.24. The highest BCUT2D eigenvalue weighted by Gasteiger charge is 2.37. The summed E-state index contributed by atoms with van der Waals surface area (Å²) in [6.07, 6.45) is 8.09. The molecule has 2 heterocycles. The minimum Gasteiger partial charge on any atom is -0.338 e. The van der Waals surface area contributed by atoms with Gasteiger partial charge in [-0.2, -0.15) is 4.98 Å². The second-order valence-electron chi connectivity index (χ2n) is 4.39. The van der Waals surface area contributed by atoms with E-state index in [4.69, 9.17) is 4.52 Å². The molecule has 1 aliphatic carbocycles. The van der Waals surface area contributed by atoms with Crippen LogP contribution in [-0.2, 0) is 0 Å². The molecule has 14 heavy (non-hydrogen) atoms. The van der Waals surface area contributed by atoms with Crippen LogP contribution < -0.4 is 5.32 Å². The average Bonchev–Trinajstić information content (AvgIpc) is 2.86. The molecular formula is C10H15N3O. The molecule has 0 amide bonds. The van der Waals surface area contributed by atoms with Crippen molar-refractivity contribution in [3.05, 3.63) is 12.2 Å². The van der Waals surface area contributed by atoms with Gasteiger partial charge in [0.15, 0.2) is 6.33 Å². The highest BCUT2D eigenvalue weighted by atomic mass is 16.5.